The zero-order chi connectivity index (χ0) is 21.2. The molecule has 0 heterocycles. The number of carboxylic acid groups (broad SMARTS) is 1. The number of ether oxygens (including phenoxy) is 1. The SMILES string of the molecule is CC(O)CCCCCCCCCC(CCCCCC(=O)O)OCc1ccccc1. The van der Waals surface area contributed by atoms with Gasteiger partial charge in [0.15, 0.2) is 0 Å². The molecule has 0 aliphatic rings. The molecule has 4 heteroatoms. The minimum absolute atomic E-state index is 0.160. The van der Waals surface area contributed by atoms with E-state index in [1.165, 1.54) is 44.1 Å². The first-order valence-corrected chi connectivity index (χ1v) is 11.6. The quantitative estimate of drug-likeness (QED) is 0.257. The molecule has 2 unspecified atom stereocenters. The van der Waals surface area contributed by atoms with Crippen molar-refractivity contribution in [1.82, 2.24) is 0 Å². The van der Waals surface area contributed by atoms with E-state index in [0.29, 0.717) is 6.61 Å². The lowest BCUT2D eigenvalue weighted by Crippen LogP contribution is -2.13. The van der Waals surface area contributed by atoms with Crippen LogP contribution in [0.25, 0.3) is 0 Å². The molecule has 1 aromatic rings. The average Bonchev–Trinajstić information content (AvgIpc) is 2.70. The Labute approximate surface area is 177 Å². The zero-order valence-corrected chi connectivity index (χ0v) is 18.4. The molecule has 0 radical (unpaired) electrons. The van der Waals surface area contributed by atoms with Gasteiger partial charge in [-0.1, -0.05) is 88.1 Å². The lowest BCUT2D eigenvalue weighted by molar-refractivity contribution is -0.137. The van der Waals surface area contributed by atoms with Gasteiger partial charge < -0.3 is 14.9 Å². The summed E-state index contributed by atoms with van der Waals surface area (Å²) in [7, 11) is 0. The first-order chi connectivity index (χ1) is 14.1. The van der Waals surface area contributed by atoms with Gasteiger partial charge in [0.25, 0.3) is 0 Å². The molecular weight excluding hydrogens is 364 g/mol. The highest BCUT2D eigenvalue weighted by Gasteiger charge is 2.10. The Morgan fingerprint density at radius 1 is 0.828 bits per heavy atom. The summed E-state index contributed by atoms with van der Waals surface area (Å²) in [6.45, 7) is 2.52. The summed E-state index contributed by atoms with van der Waals surface area (Å²) in [5.41, 5.74) is 1.21. The Bertz CT molecular complexity index is 501. The number of carboxylic acids is 1. The minimum Gasteiger partial charge on any atom is -0.481 e. The summed E-state index contributed by atoms with van der Waals surface area (Å²) < 4.78 is 6.20. The van der Waals surface area contributed by atoms with Crippen molar-refractivity contribution in [3.63, 3.8) is 0 Å². The number of unbranched alkanes of at least 4 members (excludes halogenated alkanes) is 8. The third-order valence-corrected chi connectivity index (χ3v) is 5.39. The first-order valence-electron chi connectivity index (χ1n) is 11.6. The van der Waals surface area contributed by atoms with Gasteiger partial charge in [-0.15, -0.1) is 0 Å². The molecule has 0 aromatic heterocycles. The van der Waals surface area contributed by atoms with E-state index in [0.717, 1.165) is 44.9 Å². The van der Waals surface area contributed by atoms with Crippen molar-refractivity contribution < 1.29 is 19.7 Å². The fourth-order valence-electron chi connectivity index (χ4n) is 3.62. The van der Waals surface area contributed by atoms with Crippen LogP contribution >= 0.6 is 0 Å². The van der Waals surface area contributed by atoms with Gasteiger partial charge in [-0.2, -0.15) is 0 Å². The van der Waals surface area contributed by atoms with Crippen LogP contribution in [-0.2, 0) is 16.1 Å². The highest BCUT2D eigenvalue weighted by atomic mass is 16.5. The molecule has 0 amide bonds. The van der Waals surface area contributed by atoms with Gasteiger partial charge in [0.05, 0.1) is 18.8 Å². The molecule has 0 spiro atoms. The molecule has 0 aliphatic carbocycles. The minimum atomic E-state index is -0.701. The Morgan fingerprint density at radius 3 is 1.90 bits per heavy atom. The van der Waals surface area contributed by atoms with E-state index in [1.807, 2.05) is 25.1 Å². The third-order valence-electron chi connectivity index (χ3n) is 5.39. The van der Waals surface area contributed by atoms with Crippen molar-refractivity contribution in [2.75, 3.05) is 0 Å². The second-order valence-electron chi connectivity index (χ2n) is 8.31. The summed E-state index contributed by atoms with van der Waals surface area (Å²) >= 11 is 0. The predicted octanol–water partition coefficient (Wildman–Crippen LogP) is 6.50. The Kier molecular flexibility index (Phi) is 15.4. The molecule has 2 N–H and O–H groups in total. The largest absolute Gasteiger partial charge is 0.481 e. The number of hydrogen-bond donors (Lipinski definition) is 2. The van der Waals surface area contributed by atoms with Gasteiger partial charge in [0.1, 0.15) is 0 Å². The number of aliphatic carboxylic acids is 1. The molecule has 0 saturated carbocycles. The highest BCUT2D eigenvalue weighted by molar-refractivity contribution is 5.66. The van der Waals surface area contributed by atoms with E-state index in [1.54, 1.807) is 0 Å². The Hall–Kier alpha value is -1.39. The predicted molar refractivity (Wildman–Crippen MR) is 119 cm³/mol. The zero-order valence-electron chi connectivity index (χ0n) is 18.4. The molecule has 166 valence electrons. The molecule has 0 fully saturated rings. The Morgan fingerprint density at radius 2 is 1.34 bits per heavy atom. The molecule has 1 aromatic carbocycles. The lowest BCUT2D eigenvalue weighted by Gasteiger charge is -2.18. The molecule has 0 saturated heterocycles. The second-order valence-corrected chi connectivity index (χ2v) is 8.31. The van der Waals surface area contributed by atoms with Gasteiger partial charge in [0.2, 0.25) is 0 Å². The third kappa shape index (κ3) is 16.1. The topological polar surface area (TPSA) is 66.8 Å². The van der Waals surface area contributed by atoms with Crippen LogP contribution in [0.2, 0.25) is 0 Å². The monoisotopic (exact) mass is 406 g/mol. The van der Waals surface area contributed by atoms with Crippen molar-refractivity contribution in [1.29, 1.82) is 0 Å². The van der Waals surface area contributed by atoms with E-state index < -0.39 is 5.97 Å². The van der Waals surface area contributed by atoms with Crippen molar-refractivity contribution in [2.24, 2.45) is 0 Å². The maximum atomic E-state index is 10.6. The van der Waals surface area contributed by atoms with Gasteiger partial charge in [-0.05, 0) is 38.2 Å². The fraction of sp³-hybridized carbons (Fsp3) is 0.720. The van der Waals surface area contributed by atoms with Crippen LogP contribution in [-0.4, -0.2) is 28.4 Å². The van der Waals surface area contributed by atoms with Crippen LogP contribution in [0.4, 0.5) is 0 Å². The number of rotatable bonds is 19. The first kappa shape index (κ1) is 25.6. The number of carbonyl (C=O) groups is 1. The summed E-state index contributed by atoms with van der Waals surface area (Å²) in [5, 5.41) is 18.0. The van der Waals surface area contributed by atoms with Crippen LogP contribution in [0.3, 0.4) is 0 Å². The van der Waals surface area contributed by atoms with Gasteiger partial charge in [-0.3, -0.25) is 4.79 Å². The van der Waals surface area contributed by atoms with Crippen LogP contribution in [0.5, 0.6) is 0 Å². The molecule has 2 atom stereocenters. The number of aliphatic hydroxyl groups is 1. The van der Waals surface area contributed by atoms with Gasteiger partial charge in [-0.25, -0.2) is 0 Å². The maximum absolute atomic E-state index is 10.6. The van der Waals surface area contributed by atoms with E-state index in [2.05, 4.69) is 12.1 Å². The van der Waals surface area contributed by atoms with Gasteiger partial charge >= 0.3 is 5.97 Å². The molecule has 1 rings (SSSR count). The summed E-state index contributed by atoms with van der Waals surface area (Å²) in [6, 6.07) is 10.3. The molecular formula is C25H42O4. The van der Waals surface area contributed by atoms with E-state index in [4.69, 9.17) is 9.84 Å². The van der Waals surface area contributed by atoms with Crippen LogP contribution in [0.1, 0.15) is 102 Å². The normalized spacial score (nSPS) is 13.3. The smallest absolute Gasteiger partial charge is 0.303 e. The summed E-state index contributed by atoms with van der Waals surface area (Å²) in [5.74, 6) is -0.701. The van der Waals surface area contributed by atoms with Crippen molar-refractivity contribution >= 4 is 5.97 Å². The fourth-order valence-corrected chi connectivity index (χ4v) is 3.62. The molecule has 0 bridgehead atoms. The van der Waals surface area contributed by atoms with Gasteiger partial charge in [0, 0.05) is 6.42 Å². The molecule has 0 aliphatic heterocycles. The maximum Gasteiger partial charge on any atom is 0.303 e. The van der Waals surface area contributed by atoms with E-state index in [9.17, 15) is 9.90 Å². The van der Waals surface area contributed by atoms with Crippen LogP contribution in [0.15, 0.2) is 30.3 Å². The number of benzene rings is 1. The van der Waals surface area contributed by atoms with Crippen LogP contribution < -0.4 is 0 Å². The van der Waals surface area contributed by atoms with E-state index >= 15 is 0 Å². The standard InChI is InChI=1S/C25H42O4/c1-22(26)15-9-5-3-2-4-6-12-18-24(19-13-8-14-20-25(27)28)29-21-23-16-10-7-11-17-23/h7,10-11,16-17,22,24,26H,2-6,8-9,12-15,18-21H2,1H3,(H,27,28). The highest BCUT2D eigenvalue weighted by Crippen LogP contribution is 2.18. The van der Waals surface area contributed by atoms with Crippen molar-refractivity contribution in [3.8, 4) is 0 Å². The van der Waals surface area contributed by atoms with E-state index in [-0.39, 0.29) is 18.6 Å². The Balaban J connectivity index is 2.18. The number of aliphatic hydroxyl groups excluding tert-OH is 1. The second kappa shape index (κ2) is 17.5. The molecule has 4 nitrogen and oxygen atoms in total. The average molecular weight is 407 g/mol. The molecule has 29 heavy (non-hydrogen) atoms. The van der Waals surface area contributed by atoms with Crippen molar-refractivity contribution in [2.45, 2.75) is 116 Å². The van der Waals surface area contributed by atoms with Crippen LogP contribution in [0, 0.1) is 0 Å². The summed E-state index contributed by atoms with van der Waals surface area (Å²) in [6.07, 6.45) is 14.8. The van der Waals surface area contributed by atoms with Crippen molar-refractivity contribution in [3.05, 3.63) is 35.9 Å². The lowest BCUT2D eigenvalue weighted by atomic mass is 10.0. The number of hydrogen-bond acceptors (Lipinski definition) is 3. The summed E-state index contributed by atoms with van der Waals surface area (Å²) in [4.78, 5) is 10.6.